The molecule has 1 saturated heterocycles. The van der Waals surface area contributed by atoms with Crippen molar-refractivity contribution >= 4 is 5.91 Å². The van der Waals surface area contributed by atoms with Crippen LogP contribution in [0, 0.1) is 17.2 Å². The third-order valence-corrected chi connectivity index (χ3v) is 2.78. The molecule has 5 heteroatoms. The molecule has 16 heavy (non-hydrogen) atoms. The number of amides is 1. The van der Waals surface area contributed by atoms with Crippen molar-refractivity contribution in [3.63, 3.8) is 0 Å². The van der Waals surface area contributed by atoms with E-state index in [4.69, 9.17) is 10.00 Å². The molecule has 0 saturated carbocycles. The molecule has 90 valence electrons. The topological polar surface area (TPSA) is 65.4 Å². The summed E-state index contributed by atoms with van der Waals surface area (Å²) < 4.78 is 4.97. The van der Waals surface area contributed by atoms with Gasteiger partial charge in [0.1, 0.15) is 0 Å². The number of hydrogen-bond acceptors (Lipinski definition) is 4. The Kier molecular flexibility index (Phi) is 5.83. The average Bonchev–Trinajstić information content (AvgIpc) is 2.82. The summed E-state index contributed by atoms with van der Waals surface area (Å²) in [6.07, 6.45) is 1.28. The van der Waals surface area contributed by atoms with E-state index in [0.717, 1.165) is 19.5 Å². The van der Waals surface area contributed by atoms with E-state index in [1.165, 1.54) is 0 Å². The van der Waals surface area contributed by atoms with Gasteiger partial charge in [0.25, 0.3) is 0 Å². The predicted molar refractivity (Wildman–Crippen MR) is 59.7 cm³/mol. The number of hydrogen-bond donors (Lipinski definition) is 1. The molecular weight excluding hydrogens is 206 g/mol. The highest BCUT2D eigenvalue weighted by Crippen LogP contribution is 2.11. The fourth-order valence-corrected chi connectivity index (χ4v) is 1.84. The predicted octanol–water partition coefficient (Wildman–Crippen LogP) is -0.0154. The Morgan fingerprint density at radius 2 is 2.44 bits per heavy atom. The summed E-state index contributed by atoms with van der Waals surface area (Å²) in [5.41, 5.74) is 0. The van der Waals surface area contributed by atoms with Crippen LogP contribution in [0.2, 0.25) is 0 Å². The monoisotopic (exact) mass is 225 g/mol. The van der Waals surface area contributed by atoms with Crippen molar-refractivity contribution in [3.8, 4) is 6.07 Å². The summed E-state index contributed by atoms with van der Waals surface area (Å²) in [6.45, 7) is 3.28. The lowest BCUT2D eigenvalue weighted by Gasteiger charge is -2.24. The summed E-state index contributed by atoms with van der Waals surface area (Å²) in [5.74, 6) is 0.229. The van der Waals surface area contributed by atoms with Gasteiger partial charge in [-0.25, -0.2) is 0 Å². The SMILES string of the molecule is COCCN(CCC#N)C(=O)C1CCNC1. The molecule has 0 radical (unpaired) electrons. The number of nitriles is 1. The van der Waals surface area contributed by atoms with E-state index in [9.17, 15) is 4.79 Å². The Bertz CT molecular complexity index is 256. The molecule has 0 bridgehead atoms. The highest BCUT2D eigenvalue weighted by atomic mass is 16.5. The van der Waals surface area contributed by atoms with Crippen LogP contribution in [0.25, 0.3) is 0 Å². The summed E-state index contributed by atoms with van der Waals surface area (Å²) >= 11 is 0. The molecule has 1 heterocycles. The van der Waals surface area contributed by atoms with E-state index in [2.05, 4.69) is 11.4 Å². The molecular formula is C11H19N3O2. The van der Waals surface area contributed by atoms with Crippen LogP contribution in [-0.2, 0) is 9.53 Å². The maximum atomic E-state index is 12.1. The van der Waals surface area contributed by atoms with Crippen molar-refractivity contribution in [3.05, 3.63) is 0 Å². The van der Waals surface area contributed by atoms with Gasteiger partial charge in [0.05, 0.1) is 25.0 Å². The molecule has 1 atom stereocenters. The quantitative estimate of drug-likeness (QED) is 0.690. The van der Waals surface area contributed by atoms with Crippen LogP contribution >= 0.6 is 0 Å². The zero-order chi connectivity index (χ0) is 11.8. The van der Waals surface area contributed by atoms with Crippen LogP contribution in [0.15, 0.2) is 0 Å². The van der Waals surface area contributed by atoms with Crippen LogP contribution in [-0.4, -0.2) is 50.7 Å². The Hall–Kier alpha value is -1.12. The lowest BCUT2D eigenvalue weighted by atomic mass is 10.1. The van der Waals surface area contributed by atoms with Gasteiger partial charge in [-0.15, -0.1) is 0 Å². The van der Waals surface area contributed by atoms with E-state index in [1.54, 1.807) is 12.0 Å². The molecule has 1 rings (SSSR count). The lowest BCUT2D eigenvalue weighted by Crippen LogP contribution is -2.39. The Balaban J connectivity index is 2.45. The standard InChI is InChI=1S/C11H19N3O2/c1-16-8-7-14(6-2-4-12)11(15)10-3-5-13-9-10/h10,13H,2-3,5-9H2,1H3. The van der Waals surface area contributed by atoms with Gasteiger partial charge in [-0.2, -0.15) is 5.26 Å². The maximum Gasteiger partial charge on any atom is 0.227 e. The molecule has 0 spiro atoms. The number of carbonyl (C=O) groups is 1. The summed E-state index contributed by atoms with van der Waals surface area (Å²) in [4.78, 5) is 13.8. The number of nitrogens with one attached hydrogen (secondary N) is 1. The van der Waals surface area contributed by atoms with Gasteiger partial charge in [-0.05, 0) is 13.0 Å². The number of nitrogens with zero attached hydrogens (tertiary/aromatic N) is 2. The third kappa shape index (κ3) is 3.80. The van der Waals surface area contributed by atoms with Crippen molar-refractivity contribution in [2.24, 2.45) is 5.92 Å². The first-order chi connectivity index (χ1) is 7.79. The minimum atomic E-state index is 0.0792. The van der Waals surface area contributed by atoms with Crippen molar-refractivity contribution in [1.82, 2.24) is 10.2 Å². The number of ether oxygens (including phenoxy) is 1. The second-order valence-corrected chi connectivity index (χ2v) is 3.92. The van der Waals surface area contributed by atoms with Crippen LogP contribution < -0.4 is 5.32 Å². The minimum Gasteiger partial charge on any atom is -0.383 e. The van der Waals surface area contributed by atoms with Gasteiger partial charge in [0.15, 0.2) is 0 Å². The molecule has 0 aromatic heterocycles. The van der Waals surface area contributed by atoms with Gasteiger partial charge in [0.2, 0.25) is 5.91 Å². The van der Waals surface area contributed by atoms with E-state index >= 15 is 0 Å². The second-order valence-electron chi connectivity index (χ2n) is 3.92. The molecule has 1 aliphatic rings. The smallest absolute Gasteiger partial charge is 0.227 e. The van der Waals surface area contributed by atoms with E-state index in [0.29, 0.717) is 26.1 Å². The lowest BCUT2D eigenvalue weighted by molar-refractivity contribution is -0.135. The molecule has 1 fully saturated rings. The molecule has 1 N–H and O–H groups in total. The van der Waals surface area contributed by atoms with Crippen molar-refractivity contribution in [2.45, 2.75) is 12.8 Å². The fourth-order valence-electron chi connectivity index (χ4n) is 1.84. The van der Waals surface area contributed by atoms with Gasteiger partial charge >= 0.3 is 0 Å². The van der Waals surface area contributed by atoms with Crippen molar-refractivity contribution < 1.29 is 9.53 Å². The zero-order valence-corrected chi connectivity index (χ0v) is 9.74. The molecule has 1 amide bonds. The molecule has 0 aromatic rings. The van der Waals surface area contributed by atoms with Crippen LogP contribution in [0.4, 0.5) is 0 Å². The van der Waals surface area contributed by atoms with E-state index in [-0.39, 0.29) is 11.8 Å². The van der Waals surface area contributed by atoms with Gasteiger partial charge in [-0.1, -0.05) is 0 Å². The zero-order valence-electron chi connectivity index (χ0n) is 9.74. The molecule has 1 aliphatic heterocycles. The maximum absolute atomic E-state index is 12.1. The third-order valence-electron chi connectivity index (χ3n) is 2.78. The van der Waals surface area contributed by atoms with Crippen molar-refractivity contribution in [1.29, 1.82) is 5.26 Å². The summed E-state index contributed by atoms with van der Waals surface area (Å²) in [5, 5.41) is 11.7. The van der Waals surface area contributed by atoms with Gasteiger partial charge in [0, 0.05) is 26.7 Å². The number of rotatable bonds is 6. The Morgan fingerprint density at radius 1 is 1.62 bits per heavy atom. The van der Waals surface area contributed by atoms with E-state index in [1.807, 2.05) is 0 Å². The normalized spacial score (nSPS) is 19.4. The minimum absolute atomic E-state index is 0.0792. The second kappa shape index (κ2) is 7.20. The highest BCUT2D eigenvalue weighted by molar-refractivity contribution is 5.79. The van der Waals surface area contributed by atoms with Gasteiger partial charge < -0.3 is 15.0 Å². The molecule has 0 aromatic carbocycles. The van der Waals surface area contributed by atoms with Gasteiger partial charge in [-0.3, -0.25) is 4.79 Å². The summed E-state index contributed by atoms with van der Waals surface area (Å²) in [7, 11) is 1.62. The summed E-state index contributed by atoms with van der Waals surface area (Å²) in [6, 6.07) is 2.07. The fraction of sp³-hybridized carbons (Fsp3) is 0.818. The van der Waals surface area contributed by atoms with E-state index < -0.39 is 0 Å². The number of methoxy groups -OCH3 is 1. The van der Waals surface area contributed by atoms with Crippen LogP contribution in [0.1, 0.15) is 12.8 Å². The number of carbonyl (C=O) groups excluding carboxylic acids is 1. The first kappa shape index (κ1) is 12.9. The largest absolute Gasteiger partial charge is 0.383 e. The first-order valence-electron chi connectivity index (χ1n) is 5.65. The van der Waals surface area contributed by atoms with Crippen LogP contribution in [0.5, 0.6) is 0 Å². The average molecular weight is 225 g/mol. The van der Waals surface area contributed by atoms with Crippen molar-refractivity contribution in [2.75, 3.05) is 39.9 Å². The molecule has 0 aliphatic carbocycles. The molecule has 1 unspecified atom stereocenters. The molecule has 5 nitrogen and oxygen atoms in total. The first-order valence-corrected chi connectivity index (χ1v) is 5.65. The van der Waals surface area contributed by atoms with Crippen LogP contribution in [0.3, 0.4) is 0 Å². The Morgan fingerprint density at radius 3 is 3.00 bits per heavy atom. The Labute approximate surface area is 96.4 Å². The highest BCUT2D eigenvalue weighted by Gasteiger charge is 2.26.